The fourth-order valence-corrected chi connectivity index (χ4v) is 11.2. The Kier molecular flexibility index (Phi) is 49.5. The quantitative estimate of drug-likeness (QED) is 0.0199. The minimum absolute atomic E-state index is 0.229. The number of amides is 1. The van der Waals surface area contributed by atoms with Crippen LogP contribution in [0.25, 0.3) is 0 Å². The van der Waals surface area contributed by atoms with Crippen molar-refractivity contribution in [1.29, 1.82) is 0 Å². The van der Waals surface area contributed by atoms with E-state index in [4.69, 9.17) is 28.4 Å². The molecule has 0 aliphatic carbocycles. The van der Waals surface area contributed by atoms with Crippen LogP contribution in [-0.2, 0) is 33.2 Å². The first kappa shape index (κ1) is 84.4. The van der Waals surface area contributed by atoms with Gasteiger partial charge in [0, 0.05) is 6.42 Å². The van der Waals surface area contributed by atoms with Gasteiger partial charge >= 0.3 is 0 Å². The average Bonchev–Trinajstić information content (AvgIpc) is 0.834. The van der Waals surface area contributed by atoms with E-state index in [-0.39, 0.29) is 18.9 Å². The molecule has 3 saturated heterocycles. The number of rotatable bonds is 53. The van der Waals surface area contributed by atoms with Crippen LogP contribution in [0.5, 0.6) is 0 Å². The van der Waals surface area contributed by atoms with Crippen LogP contribution in [0, 0.1) is 0 Å². The SMILES string of the molecule is CC/C=C\C/C=C\C/C=C\C/C=C\C/C=C\C/C=C\C/C=C\C/C=C\CCCCCCCCCCCCCCCCCCC(=O)NC(COC1OC(CO)C(OC2OC(CO)C(OC3OC(CO)C(O)C(O)C3O)C(O)C2O)C(O)C1O)C(O)/C=C/CC/C=C/CCCC. The largest absolute Gasteiger partial charge is 0.394 e. The molecular formula is C75H125NO18. The number of unbranched alkanes of at least 4 members (excludes halogenated alkanes) is 19. The summed E-state index contributed by atoms with van der Waals surface area (Å²) in [4.78, 5) is 13.3. The van der Waals surface area contributed by atoms with Crippen molar-refractivity contribution >= 4 is 5.91 Å². The third kappa shape index (κ3) is 36.1. The number of aliphatic hydroxyl groups is 11. The third-order valence-electron chi connectivity index (χ3n) is 17.0. The minimum Gasteiger partial charge on any atom is -0.394 e. The molecule has 0 aromatic carbocycles. The molecule has 19 nitrogen and oxygen atoms in total. The summed E-state index contributed by atoms with van der Waals surface area (Å²) in [5, 5.41) is 120. The number of allylic oxidation sites excluding steroid dienone is 19. The maximum atomic E-state index is 13.3. The Morgan fingerprint density at radius 3 is 1.19 bits per heavy atom. The van der Waals surface area contributed by atoms with Gasteiger partial charge in [0.1, 0.15) is 73.2 Å². The fourth-order valence-electron chi connectivity index (χ4n) is 11.2. The maximum absolute atomic E-state index is 13.3. The molecule has 1 amide bonds. The zero-order valence-corrected chi connectivity index (χ0v) is 56.9. The second kappa shape index (κ2) is 55.1. The Morgan fingerprint density at radius 1 is 0.394 bits per heavy atom. The van der Waals surface area contributed by atoms with Gasteiger partial charge in [-0.05, 0) is 89.9 Å². The van der Waals surface area contributed by atoms with E-state index in [1.165, 1.54) is 83.5 Å². The predicted molar refractivity (Wildman–Crippen MR) is 369 cm³/mol. The number of ether oxygens (including phenoxy) is 6. The van der Waals surface area contributed by atoms with Crippen molar-refractivity contribution in [3.8, 4) is 0 Å². The molecule has 19 heteroatoms. The number of carbonyl (C=O) groups is 1. The first-order valence-electron chi connectivity index (χ1n) is 35.8. The topological polar surface area (TPSA) is 307 Å². The zero-order valence-electron chi connectivity index (χ0n) is 56.9. The van der Waals surface area contributed by atoms with Gasteiger partial charge in [-0.15, -0.1) is 0 Å². The zero-order chi connectivity index (χ0) is 68.2. The maximum Gasteiger partial charge on any atom is 0.220 e. The first-order valence-corrected chi connectivity index (χ1v) is 35.8. The molecule has 17 atom stereocenters. The van der Waals surface area contributed by atoms with Gasteiger partial charge in [0.15, 0.2) is 18.9 Å². The van der Waals surface area contributed by atoms with Crippen LogP contribution in [0.1, 0.15) is 213 Å². The number of hydrogen-bond acceptors (Lipinski definition) is 18. The lowest BCUT2D eigenvalue weighted by molar-refractivity contribution is -0.379. The molecular weight excluding hydrogens is 1200 g/mol. The van der Waals surface area contributed by atoms with E-state index in [0.29, 0.717) is 12.8 Å². The van der Waals surface area contributed by atoms with Crippen LogP contribution >= 0.6 is 0 Å². The molecule has 0 aromatic heterocycles. The lowest BCUT2D eigenvalue weighted by Gasteiger charge is -2.48. The van der Waals surface area contributed by atoms with E-state index in [9.17, 15) is 61.0 Å². The van der Waals surface area contributed by atoms with E-state index in [0.717, 1.165) is 96.3 Å². The Balaban J connectivity index is 1.26. The van der Waals surface area contributed by atoms with Gasteiger partial charge < -0.3 is 89.9 Å². The summed E-state index contributed by atoms with van der Waals surface area (Å²) in [6, 6.07) is -0.993. The monoisotopic (exact) mass is 1330 g/mol. The predicted octanol–water partition coefficient (Wildman–Crippen LogP) is 9.99. The molecule has 3 fully saturated rings. The van der Waals surface area contributed by atoms with Crippen LogP contribution < -0.4 is 5.32 Å². The lowest BCUT2D eigenvalue weighted by atomic mass is 9.96. The van der Waals surface area contributed by atoms with Gasteiger partial charge in [-0.3, -0.25) is 4.79 Å². The van der Waals surface area contributed by atoms with Crippen LogP contribution in [0.4, 0.5) is 0 Å². The fraction of sp³-hybridized carbons (Fsp3) is 0.720. The van der Waals surface area contributed by atoms with Gasteiger partial charge in [0.2, 0.25) is 5.91 Å². The summed E-state index contributed by atoms with van der Waals surface area (Å²) >= 11 is 0. The van der Waals surface area contributed by atoms with Crippen LogP contribution in [0.3, 0.4) is 0 Å². The van der Waals surface area contributed by atoms with Crippen LogP contribution in [0.2, 0.25) is 0 Å². The molecule has 538 valence electrons. The van der Waals surface area contributed by atoms with Crippen molar-refractivity contribution in [1.82, 2.24) is 5.32 Å². The molecule has 0 saturated carbocycles. The molecule has 94 heavy (non-hydrogen) atoms. The van der Waals surface area contributed by atoms with Crippen molar-refractivity contribution in [3.05, 3.63) is 122 Å². The van der Waals surface area contributed by atoms with Crippen molar-refractivity contribution in [2.75, 3.05) is 26.4 Å². The number of hydrogen-bond donors (Lipinski definition) is 12. The van der Waals surface area contributed by atoms with Gasteiger partial charge in [-0.25, -0.2) is 0 Å². The summed E-state index contributed by atoms with van der Waals surface area (Å²) in [5.41, 5.74) is 0. The third-order valence-corrected chi connectivity index (χ3v) is 17.0. The second-order valence-corrected chi connectivity index (χ2v) is 25.0. The molecule has 0 aromatic rings. The summed E-state index contributed by atoms with van der Waals surface area (Å²) < 4.78 is 34.2. The summed E-state index contributed by atoms with van der Waals surface area (Å²) in [6.45, 7) is 1.48. The van der Waals surface area contributed by atoms with Crippen molar-refractivity contribution in [3.63, 3.8) is 0 Å². The standard InChI is InChI=1S/C75H125NO18/c1-3-5-7-9-11-13-14-15-16-17-18-19-20-21-22-23-24-25-26-27-28-29-30-31-32-33-34-35-36-37-38-39-40-41-42-43-44-45-47-49-51-53-63(81)76-58(59(80)52-50-48-46-12-10-8-6-4-2)57-89-73-69(87)66(84)71(61(55-78)91-73)94-75-70(88)67(85)72(62(56-79)92-75)93-74-68(86)65(83)64(82)60(54-77)90-74/h5,7,10-13,15-16,18-19,21-22,24-25,27-28,30-31,50,52,58-62,64-75,77-80,82-88H,3-4,6,8-9,14,17,20,23,26,29,32-49,51,53-57H2,1-2H3,(H,76,81)/b7-5-,12-10+,13-11-,16-15-,19-18-,22-21-,25-24-,28-27-,31-30-,52-50+. The molecule has 0 radical (unpaired) electrons. The molecule has 0 bridgehead atoms. The summed E-state index contributed by atoms with van der Waals surface area (Å²) in [6.07, 6.45) is 49.6. The van der Waals surface area contributed by atoms with Gasteiger partial charge in [0.25, 0.3) is 0 Å². The number of carbonyl (C=O) groups excluding carboxylic acids is 1. The van der Waals surface area contributed by atoms with E-state index in [2.05, 4.69) is 129 Å². The van der Waals surface area contributed by atoms with E-state index in [1.54, 1.807) is 6.08 Å². The molecule has 17 unspecified atom stereocenters. The minimum atomic E-state index is -1.98. The van der Waals surface area contributed by atoms with E-state index < -0.39 is 124 Å². The molecule has 3 heterocycles. The highest BCUT2D eigenvalue weighted by Gasteiger charge is 2.53. The molecule has 3 aliphatic rings. The number of aliphatic hydroxyl groups excluding tert-OH is 11. The first-order chi connectivity index (χ1) is 45.8. The highest BCUT2D eigenvalue weighted by molar-refractivity contribution is 5.76. The molecule has 3 rings (SSSR count). The Hall–Kier alpha value is -3.81. The van der Waals surface area contributed by atoms with Crippen molar-refractivity contribution in [2.24, 2.45) is 0 Å². The van der Waals surface area contributed by atoms with Crippen LogP contribution in [-0.4, -0.2) is 193 Å². The Morgan fingerprint density at radius 2 is 0.745 bits per heavy atom. The van der Waals surface area contributed by atoms with Gasteiger partial charge in [-0.2, -0.15) is 0 Å². The smallest absolute Gasteiger partial charge is 0.220 e. The van der Waals surface area contributed by atoms with Gasteiger partial charge in [-0.1, -0.05) is 238 Å². The Bertz CT molecular complexity index is 2180. The molecule has 3 aliphatic heterocycles. The van der Waals surface area contributed by atoms with Crippen LogP contribution in [0.15, 0.2) is 122 Å². The molecule has 12 N–H and O–H groups in total. The summed E-state index contributed by atoms with van der Waals surface area (Å²) in [5.74, 6) is -0.293. The summed E-state index contributed by atoms with van der Waals surface area (Å²) in [7, 11) is 0. The highest BCUT2D eigenvalue weighted by atomic mass is 16.8. The van der Waals surface area contributed by atoms with Crippen molar-refractivity contribution < 1.29 is 89.4 Å². The van der Waals surface area contributed by atoms with E-state index in [1.807, 2.05) is 6.08 Å². The molecule has 0 spiro atoms. The lowest BCUT2D eigenvalue weighted by Crippen LogP contribution is -2.66. The van der Waals surface area contributed by atoms with Crippen molar-refractivity contribution in [2.45, 2.75) is 317 Å². The Labute approximate surface area is 563 Å². The number of nitrogens with one attached hydrogen (secondary N) is 1. The van der Waals surface area contributed by atoms with Gasteiger partial charge in [0.05, 0.1) is 38.6 Å². The normalized spacial score (nSPS) is 28.1. The average molecular weight is 1330 g/mol. The highest BCUT2D eigenvalue weighted by Crippen LogP contribution is 2.33. The second-order valence-electron chi connectivity index (χ2n) is 25.0. The van der Waals surface area contributed by atoms with E-state index >= 15 is 0 Å².